The summed E-state index contributed by atoms with van der Waals surface area (Å²) in [4.78, 5) is 11.0. The van der Waals surface area contributed by atoms with E-state index < -0.39 is 8.32 Å². The zero-order valence-electron chi connectivity index (χ0n) is 19.5. The topological polar surface area (TPSA) is 44.8 Å². The van der Waals surface area contributed by atoms with Gasteiger partial charge in [-0.1, -0.05) is 93.6 Å². The molecule has 0 amide bonds. The van der Waals surface area contributed by atoms with Crippen LogP contribution in [-0.2, 0) is 18.7 Å². The third kappa shape index (κ3) is 5.29. The van der Waals surface area contributed by atoms with Gasteiger partial charge in [0.05, 0.1) is 12.2 Å². The van der Waals surface area contributed by atoms with Crippen molar-refractivity contribution in [2.24, 2.45) is 0 Å². The number of hydrogen-bond donors (Lipinski definition) is 0. The molecule has 3 atom stereocenters. The lowest BCUT2D eigenvalue weighted by atomic mass is 10.1. The van der Waals surface area contributed by atoms with Gasteiger partial charge in [-0.15, -0.1) is 6.58 Å². The SMILES string of the molecule is C=C[C@H]1O[C@@H](/C=C/COC(C)=O)C[C@@H]1O[Si](c1ccccc1)(c1ccccc1)C(C)(C)C. The number of ether oxygens (including phenoxy) is 2. The van der Waals surface area contributed by atoms with Crippen LogP contribution in [0.1, 0.15) is 34.1 Å². The molecule has 170 valence electrons. The number of carbonyl (C=O) groups is 1. The van der Waals surface area contributed by atoms with Crippen LogP contribution in [0.3, 0.4) is 0 Å². The zero-order valence-corrected chi connectivity index (χ0v) is 20.5. The van der Waals surface area contributed by atoms with Gasteiger partial charge in [0.1, 0.15) is 12.7 Å². The molecular weight excluding hydrogens is 416 g/mol. The van der Waals surface area contributed by atoms with E-state index in [1.807, 2.05) is 30.4 Å². The van der Waals surface area contributed by atoms with Crippen molar-refractivity contribution < 1.29 is 18.7 Å². The van der Waals surface area contributed by atoms with Gasteiger partial charge in [-0.2, -0.15) is 0 Å². The first-order valence-electron chi connectivity index (χ1n) is 11.1. The quantitative estimate of drug-likeness (QED) is 0.340. The fourth-order valence-corrected chi connectivity index (χ4v) is 9.14. The number of carbonyl (C=O) groups excluding carboxylic acids is 1. The van der Waals surface area contributed by atoms with Crippen molar-refractivity contribution in [2.75, 3.05) is 6.61 Å². The largest absolute Gasteiger partial charge is 0.462 e. The van der Waals surface area contributed by atoms with Crippen LogP contribution < -0.4 is 10.4 Å². The molecule has 0 N–H and O–H groups in total. The summed E-state index contributed by atoms with van der Waals surface area (Å²) < 4.78 is 18.4. The van der Waals surface area contributed by atoms with Crippen molar-refractivity contribution in [3.8, 4) is 0 Å². The molecule has 1 heterocycles. The number of rotatable bonds is 8. The van der Waals surface area contributed by atoms with Crippen LogP contribution in [0.4, 0.5) is 0 Å². The first-order chi connectivity index (χ1) is 15.3. The van der Waals surface area contributed by atoms with Crippen molar-refractivity contribution in [3.63, 3.8) is 0 Å². The molecule has 1 aliphatic heterocycles. The third-order valence-corrected chi connectivity index (χ3v) is 10.9. The average molecular weight is 451 g/mol. The van der Waals surface area contributed by atoms with Gasteiger partial charge < -0.3 is 13.9 Å². The van der Waals surface area contributed by atoms with Crippen LogP contribution in [0.2, 0.25) is 5.04 Å². The molecule has 0 spiro atoms. The lowest BCUT2D eigenvalue weighted by Crippen LogP contribution is -2.68. The molecule has 0 unspecified atom stereocenters. The molecule has 4 nitrogen and oxygen atoms in total. The highest BCUT2D eigenvalue weighted by atomic mass is 28.4. The van der Waals surface area contributed by atoms with Gasteiger partial charge in [-0.05, 0) is 21.5 Å². The second-order valence-electron chi connectivity index (χ2n) is 9.16. The summed E-state index contributed by atoms with van der Waals surface area (Å²) in [6.07, 6.45) is 5.89. The Labute approximate surface area is 193 Å². The predicted octanol–water partition coefficient (Wildman–Crippen LogP) is 4.39. The summed E-state index contributed by atoms with van der Waals surface area (Å²) in [5, 5.41) is 2.38. The summed E-state index contributed by atoms with van der Waals surface area (Å²) in [7, 11) is -2.68. The van der Waals surface area contributed by atoms with E-state index in [9.17, 15) is 4.79 Å². The minimum atomic E-state index is -2.68. The van der Waals surface area contributed by atoms with Crippen LogP contribution in [-0.4, -0.2) is 39.2 Å². The highest BCUT2D eigenvalue weighted by Crippen LogP contribution is 2.40. The van der Waals surface area contributed by atoms with E-state index in [-0.39, 0.29) is 35.9 Å². The van der Waals surface area contributed by atoms with Crippen LogP contribution >= 0.6 is 0 Å². The molecule has 0 bridgehead atoms. The number of hydrogen-bond acceptors (Lipinski definition) is 4. The first kappa shape index (κ1) is 24.2. The van der Waals surface area contributed by atoms with Gasteiger partial charge in [0.25, 0.3) is 8.32 Å². The molecule has 0 radical (unpaired) electrons. The Balaban J connectivity index is 1.96. The Morgan fingerprint density at radius 2 is 1.66 bits per heavy atom. The lowest BCUT2D eigenvalue weighted by Gasteiger charge is -2.45. The summed E-state index contributed by atoms with van der Waals surface area (Å²) >= 11 is 0. The van der Waals surface area contributed by atoms with Crippen LogP contribution in [0.25, 0.3) is 0 Å². The summed E-state index contributed by atoms with van der Waals surface area (Å²) in [6.45, 7) is 12.5. The zero-order chi connectivity index (χ0) is 23.2. The fourth-order valence-electron chi connectivity index (χ4n) is 4.45. The minimum Gasteiger partial charge on any atom is -0.462 e. The van der Waals surface area contributed by atoms with Crippen LogP contribution in [0.15, 0.2) is 85.5 Å². The van der Waals surface area contributed by atoms with Crippen molar-refractivity contribution in [3.05, 3.63) is 85.5 Å². The Hall–Kier alpha value is -2.47. The lowest BCUT2D eigenvalue weighted by molar-refractivity contribution is -0.139. The van der Waals surface area contributed by atoms with Gasteiger partial charge in [0, 0.05) is 13.3 Å². The van der Waals surface area contributed by atoms with Crippen molar-refractivity contribution in [1.82, 2.24) is 0 Å². The van der Waals surface area contributed by atoms with E-state index in [2.05, 4.69) is 75.9 Å². The molecule has 1 saturated heterocycles. The highest BCUT2D eigenvalue weighted by molar-refractivity contribution is 6.99. The van der Waals surface area contributed by atoms with Crippen LogP contribution in [0.5, 0.6) is 0 Å². The predicted molar refractivity (Wildman–Crippen MR) is 132 cm³/mol. The molecular formula is C27H34O4Si. The van der Waals surface area contributed by atoms with E-state index in [1.54, 1.807) is 0 Å². The van der Waals surface area contributed by atoms with Gasteiger partial charge in [-0.25, -0.2) is 0 Å². The Bertz CT molecular complexity index is 878. The molecule has 5 heteroatoms. The Kier molecular flexibility index (Phi) is 7.88. The van der Waals surface area contributed by atoms with E-state index in [0.717, 1.165) is 6.42 Å². The van der Waals surface area contributed by atoms with Gasteiger partial charge in [-0.3, -0.25) is 4.79 Å². The fraction of sp³-hybridized carbons (Fsp3) is 0.370. The van der Waals surface area contributed by atoms with Crippen LogP contribution in [0, 0.1) is 0 Å². The highest BCUT2D eigenvalue weighted by Gasteiger charge is 2.53. The first-order valence-corrected chi connectivity index (χ1v) is 13.1. The molecule has 0 saturated carbocycles. The summed E-state index contributed by atoms with van der Waals surface area (Å²) in [5.41, 5.74) is 0. The molecule has 0 aromatic heterocycles. The number of esters is 1. The second kappa shape index (κ2) is 10.4. The molecule has 32 heavy (non-hydrogen) atoms. The molecule has 2 aromatic carbocycles. The molecule has 1 aliphatic rings. The van der Waals surface area contributed by atoms with Gasteiger partial charge in [0.15, 0.2) is 0 Å². The average Bonchev–Trinajstić information content (AvgIpc) is 3.17. The third-order valence-electron chi connectivity index (χ3n) is 5.87. The maximum Gasteiger partial charge on any atom is 0.302 e. The van der Waals surface area contributed by atoms with E-state index >= 15 is 0 Å². The van der Waals surface area contributed by atoms with Gasteiger partial charge in [0.2, 0.25) is 0 Å². The Morgan fingerprint density at radius 3 is 2.12 bits per heavy atom. The standard InChI is InChI=1S/C27H34O4Si/c1-6-25-26(20-22(30-25)14-13-19-29-21(2)28)31-32(27(3,4)5,23-15-9-7-10-16-23)24-17-11-8-12-18-24/h6-18,22,25-26H,1,19-20H2,2-5H3/b14-13+/t22-,25+,26-/m0/s1. The number of benzene rings is 2. The second-order valence-corrected chi connectivity index (χ2v) is 13.4. The molecule has 0 aliphatic carbocycles. The maximum absolute atomic E-state index is 11.0. The maximum atomic E-state index is 11.0. The van der Waals surface area contributed by atoms with Crippen molar-refractivity contribution in [1.29, 1.82) is 0 Å². The smallest absolute Gasteiger partial charge is 0.302 e. The summed E-state index contributed by atoms with van der Waals surface area (Å²) in [6, 6.07) is 21.2. The summed E-state index contributed by atoms with van der Waals surface area (Å²) in [5.74, 6) is -0.293. The van der Waals surface area contributed by atoms with Crippen molar-refractivity contribution in [2.45, 2.75) is 57.5 Å². The van der Waals surface area contributed by atoms with E-state index in [1.165, 1.54) is 17.3 Å². The normalized spacial score (nSPS) is 21.6. The van der Waals surface area contributed by atoms with Crippen molar-refractivity contribution >= 4 is 24.7 Å². The van der Waals surface area contributed by atoms with Gasteiger partial charge >= 0.3 is 5.97 Å². The Morgan fingerprint density at radius 1 is 1.09 bits per heavy atom. The van der Waals surface area contributed by atoms with E-state index in [4.69, 9.17) is 13.9 Å². The molecule has 1 fully saturated rings. The molecule has 2 aromatic rings. The monoisotopic (exact) mass is 450 g/mol. The molecule has 3 rings (SSSR count). The van der Waals surface area contributed by atoms with E-state index in [0.29, 0.717) is 0 Å². The minimum absolute atomic E-state index is 0.106.